The Morgan fingerprint density at radius 3 is 3.06 bits per heavy atom. The average molecular weight is 297 g/mol. The topological polar surface area (TPSA) is 55.1 Å². The number of nitrogens with zero attached hydrogens (tertiary/aromatic N) is 2. The SMILES string of the molecule is N#Cc1nc2c(Br)cc3c(c2s1)OCCO3. The van der Waals surface area contributed by atoms with Gasteiger partial charge in [-0.15, -0.1) is 0 Å². The van der Waals surface area contributed by atoms with E-state index in [0.717, 1.165) is 14.7 Å². The lowest BCUT2D eigenvalue weighted by Gasteiger charge is -2.18. The van der Waals surface area contributed by atoms with Gasteiger partial charge in [0.05, 0.1) is 0 Å². The van der Waals surface area contributed by atoms with Gasteiger partial charge in [-0.05, 0) is 15.9 Å². The van der Waals surface area contributed by atoms with Crippen LogP contribution in [0.25, 0.3) is 10.2 Å². The minimum atomic E-state index is 0.429. The number of thiazole rings is 1. The van der Waals surface area contributed by atoms with E-state index in [1.807, 2.05) is 12.1 Å². The summed E-state index contributed by atoms with van der Waals surface area (Å²) in [5, 5.41) is 9.27. The summed E-state index contributed by atoms with van der Waals surface area (Å²) in [5.41, 5.74) is 0.755. The van der Waals surface area contributed by atoms with Gasteiger partial charge in [0.1, 0.15) is 29.5 Å². The number of rotatable bonds is 0. The molecule has 1 aliphatic rings. The van der Waals surface area contributed by atoms with Gasteiger partial charge in [-0.1, -0.05) is 11.3 Å². The van der Waals surface area contributed by atoms with E-state index >= 15 is 0 Å². The summed E-state index contributed by atoms with van der Waals surface area (Å²) in [7, 11) is 0. The molecule has 0 spiro atoms. The highest BCUT2D eigenvalue weighted by molar-refractivity contribution is 9.10. The van der Waals surface area contributed by atoms with E-state index in [1.165, 1.54) is 11.3 Å². The lowest BCUT2D eigenvalue weighted by atomic mass is 10.3. The van der Waals surface area contributed by atoms with E-state index in [4.69, 9.17) is 14.7 Å². The van der Waals surface area contributed by atoms with Crippen LogP contribution in [0.3, 0.4) is 0 Å². The molecule has 0 N–H and O–H groups in total. The first kappa shape index (κ1) is 9.87. The third kappa shape index (κ3) is 1.36. The molecular formula is C10H5BrN2O2S. The van der Waals surface area contributed by atoms with Crippen molar-refractivity contribution in [1.29, 1.82) is 5.26 Å². The third-order valence-corrected chi connectivity index (χ3v) is 3.79. The summed E-state index contributed by atoms with van der Waals surface area (Å²) >= 11 is 4.74. The summed E-state index contributed by atoms with van der Waals surface area (Å²) in [6.07, 6.45) is 0. The Hall–Kier alpha value is -1.32. The Labute approximate surface area is 104 Å². The largest absolute Gasteiger partial charge is 0.486 e. The normalized spacial score (nSPS) is 13.8. The van der Waals surface area contributed by atoms with Crippen LogP contribution in [-0.2, 0) is 0 Å². The Balaban J connectivity index is 2.37. The third-order valence-electron chi connectivity index (χ3n) is 2.22. The molecule has 2 aromatic rings. The van der Waals surface area contributed by atoms with Gasteiger partial charge < -0.3 is 9.47 Å². The second-order valence-electron chi connectivity index (χ2n) is 3.19. The quantitative estimate of drug-likeness (QED) is 0.750. The van der Waals surface area contributed by atoms with E-state index < -0.39 is 0 Å². The molecule has 3 rings (SSSR count). The van der Waals surface area contributed by atoms with E-state index in [0.29, 0.717) is 29.7 Å². The van der Waals surface area contributed by atoms with Gasteiger partial charge in [0.15, 0.2) is 16.5 Å². The van der Waals surface area contributed by atoms with Gasteiger partial charge in [0, 0.05) is 10.5 Å². The van der Waals surface area contributed by atoms with E-state index in [2.05, 4.69) is 20.9 Å². The van der Waals surface area contributed by atoms with Crippen LogP contribution >= 0.6 is 27.3 Å². The zero-order valence-corrected chi connectivity index (χ0v) is 10.4. The van der Waals surface area contributed by atoms with Crippen LogP contribution in [0.1, 0.15) is 5.01 Å². The Kier molecular flexibility index (Phi) is 2.23. The van der Waals surface area contributed by atoms with Gasteiger partial charge in [-0.25, -0.2) is 4.98 Å². The molecule has 0 atom stereocenters. The number of ether oxygens (including phenoxy) is 2. The molecule has 1 aromatic carbocycles. The number of benzene rings is 1. The van der Waals surface area contributed by atoms with Crippen LogP contribution < -0.4 is 9.47 Å². The van der Waals surface area contributed by atoms with E-state index in [-0.39, 0.29) is 0 Å². The summed E-state index contributed by atoms with van der Waals surface area (Å²) in [5.74, 6) is 1.40. The van der Waals surface area contributed by atoms with Crippen molar-refractivity contribution in [2.24, 2.45) is 0 Å². The van der Waals surface area contributed by atoms with Gasteiger partial charge in [0.2, 0.25) is 0 Å². The van der Waals surface area contributed by atoms with Gasteiger partial charge >= 0.3 is 0 Å². The number of hydrogen-bond acceptors (Lipinski definition) is 5. The molecule has 0 amide bonds. The van der Waals surface area contributed by atoms with Crippen LogP contribution in [0, 0.1) is 11.3 Å². The van der Waals surface area contributed by atoms with Crippen molar-refractivity contribution in [2.75, 3.05) is 13.2 Å². The average Bonchev–Trinajstić information content (AvgIpc) is 2.74. The first-order valence-electron chi connectivity index (χ1n) is 4.58. The summed E-state index contributed by atoms with van der Waals surface area (Å²) in [4.78, 5) is 4.21. The predicted molar refractivity (Wildman–Crippen MR) is 63.0 cm³/mol. The van der Waals surface area contributed by atoms with E-state index in [1.54, 1.807) is 0 Å². The number of aromatic nitrogens is 1. The lowest BCUT2D eigenvalue weighted by molar-refractivity contribution is 0.174. The zero-order chi connectivity index (χ0) is 11.1. The summed E-state index contributed by atoms with van der Waals surface area (Å²) in [6.45, 7) is 1.08. The van der Waals surface area contributed by atoms with Crippen molar-refractivity contribution in [3.63, 3.8) is 0 Å². The van der Waals surface area contributed by atoms with Crippen molar-refractivity contribution >= 4 is 37.5 Å². The summed E-state index contributed by atoms with van der Waals surface area (Å²) < 4.78 is 12.7. The number of fused-ring (bicyclic) bond motifs is 3. The number of hydrogen-bond donors (Lipinski definition) is 0. The van der Waals surface area contributed by atoms with Crippen molar-refractivity contribution in [1.82, 2.24) is 4.98 Å². The first-order valence-corrected chi connectivity index (χ1v) is 6.19. The highest BCUT2D eigenvalue weighted by Gasteiger charge is 2.20. The fourth-order valence-electron chi connectivity index (χ4n) is 1.58. The standard InChI is InChI=1S/C10H5BrN2O2S/c11-5-3-6-9(15-2-1-14-6)10-8(5)13-7(4-12)16-10/h3H,1-2H2. The molecule has 4 nitrogen and oxygen atoms in total. The van der Waals surface area contributed by atoms with Crippen molar-refractivity contribution in [2.45, 2.75) is 0 Å². The van der Waals surface area contributed by atoms with Crippen LogP contribution in [0.5, 0.6) is 11.5 Å². The molecule has 0 radical (unpaired) electrons. The highest BCUT2D eigenvalue weighted by Crippen LogP contribution is 2.44. The Bertz CT molecular complexity index is 617. The molecule has 0 saturated heterocycles. The molecule has 80 valence electrons. The molecule has 0 aliphatic carbocycles. The maximum atomic E-state index is 8.84. The predicted octanol–water partition coefficient (Wildman–Crippen LogP) is 2.70. The smallest absolute Gasteiger partial charge is 0.195 e. The molecule has 16 heavy (non-hydrogen) atoms. The molecular weight excluding hydrogens is 292 g/mol. The minimum Gasteiger partial charge on any atom is -0.486 e. The van der Waals surface area contributed by atoms with Crippen molar-refractivity contribution in [3.8, 4) is 17.6 Å². The van der Waals surface area contributed by atoms with Crippen LogP contribution in [0.2, 0.25) is 0 Å². The van der Waals surface area contributed by atoms with Gasteiger partial charge in [-0.3, -0.25) is 0 Å². The lowest BCUT2D eigenvalue weighted by Crippen LogP contribution is -2.15. The molecule has 0 saturated carbocycles. The van der Waals surface area contributed by atoms with Crippen LogP contribution in [0.15, 0.2) is 10.5 Å². The Morgan fingerprint density at radius 1 is 1.44 bits per heavy atom. The number of halogens is 1. The fraction of sp³-hybridized carbons (Fsp3) is 0.200. The maximum absolute atomic E-state index is 8.84. The second-order valence-corrected chi connectivity index (χ2v) is 5.04. The second kappa shape index (κ2) is 3.61. The van der Waals surface area contributed by atoms with Crippen molar-refractivity contribution < 1.29 is 9.47 Å². The molecule has 6 heteroatoms. The fourth-order valence-corrected chi connectivity index (χ4v) is 3.09. The molecule has 2 heterocycles. The van der Waals surface area contributed by atoms with Crippen LogP contribution in [0.4, 0.5) is 0 Å². The molecule has 1 aromatic heterocycles. The zero-order valence-electron chi connectivity index (χ0n) is 7.99. The summed E-state index contributed by atoms with van der Waals surface area (Å²) in [6, 6.07) is 3.87. The minimum absolute atomic E-state index is 0.429. The molecule has 1 aliphatic heterocycles. The molecule has 0 bridgehead atoms. The first-order chi connectivity index (χ1) is 7.79. The highest BCUT2D eigenvalue weighted by atomic mass is 79.9. The molecule has 0 fully saturated rings. The number of nitriles is 1. The van der Waals surface area contributed by atoms with Crippen LogP contribution in [-0.4, -0.2) is 18.2 Å². The van der Waals surface area contributed by atoms with Gasteiger partial charge in [-0.2, -0.15) is 5.26 Å². The Morgan fingerprint density at radius 2 is 2.25 bits per heavy atom. The maximum Gasteiger partial charge on any atom is 0.195 e. The monoisotopic (exact) mass is 296 g/mol. The van der Waals surface area contributed by atoms with E-state index in [9.17, 15) is 0 Å². The van der Waals surface area contributed by atoms with Crippen molar-refractivity contribution in [3.05, 3.63) is 15.5 Å². The molecule has 0 unspecified atom stereocenters. The van der Waals surface area contributed by atoms with Gasteiger partial charge in [0.25, 0.3) is 0 Å².